The van der Waals surface area contributed by atoms with E-state index in [9.17, 15) is 14.9 Å². The lowest BCUT2D eigenvalue weighted by atomic mass is 10.1. The minimum absolute atomic E-state index is 0.00434. The van der Waals surface area contributed by atoms with Gasteiger partial charge in [0, 0.05) is 23.1 Å². The highest BCUT2D eigenvalue weighted by Crippen LogP contribution is 2.25. The fourth-order valence-corrected chi connectivity index (χ4v) is 1.51. The number of benzene rings is 1. The van der Waals surface area contributed by atoms with Gasteiger partial charge < -0.3 is 5.73 Å². The van der Waals surface area contributed by atoms with Crippen molar-refractivity contribution in [1.29, 1.82) is 0 Å². The van der Waals surface area contributed by atoms with E-state index >= 15 is 0 Å². The van der Waals surface area contributed by atoms with Crippen molar-refractivity contribution < 1.29 is 9.72 Å². The van der Waals surface area contributed by atoms with E-state index < -0.39 is 16.2 Å². The molecule has 0 aliphatic heterocycles. The molecule has 7 heteroatoms. The van der Waals surface area contributed by atoms with Gasteiger partial charge in [-0.15, -0.1) is 11.6 Å². The van der Waals surface area contributed by atoms with Crippen LogP contribution in [0.4, 0.5) is 5.69 Å². The van der Waals surface area contributed by atoms with Gasteiger partial charge in [-0.05, 0) is 6.07 Å². The molecule has 1 unspecified atom stereocenters. The zero-order chi connectivity index (χ0) is 12.3. The maximum Gasteiger partial charge on any atom is 0.274 e. The van der Waals surface area contributed by atoms with Gasteiger partial charge in [-0.2, -0.15) is 0 Å². The summed E-state index contributed by atoms with van der Waals surface area (Å²) in [6, 6.07) is 4.16. The second-order valence-electron chi connectivity index (χ2n) is 3.10. The minimum atomic E-state index is -0.972. The summed E-state index contributed by atoms with van der Waals surface area (Å²) in [4.78, 5) is 20.9. The Hall–Kier alpha value is -1.33. The summed E-state index contributed by atoms with van der Waals surface area (Å²) in [5.41, 5.74) is 5.13. The molecule has 1 aromatic carbocycles. The predicted octanol–water partition coefficient (Wildman–Crippen LogP) is 1.88. The number of carbonyl (C=O) groups excluding carboxylic acids is 1. The Morgan fingerprint density at radius 1 is 1.56 bits per heavy atom. The van der Waals surface area contributed by atoms with Crippen LogP contribution in [0.2, 0.25) is 5.02 Å². The fraction of sp³-hybridized carbons (Fsp3) is 0.222. The fourth-order valence-electron chi connectivity index (χ4n) is 1.17. The van der Waals surface area contributed by atoms with E-state index in [4.69, 9.17) is 28.9 Å². The first-order valence-electron chi connectivity index (χ1n) is 4.28. The first-order valence-corrected chi connectivity index (χ1v) is 5.09. The van der Waals surface area contributed by atoms with E-state index in [2.05, 4.69) is 0 Å². The molecule has 1 rings (SSSR count). The van der Waals surface area contributed by atoms with Crippen LogP contribution in [0.3, 0.4) is 0 Å². The number of primary amides is 1. The molecule has 0 fully saturated rings. The van der Waals surface area contributed by atoms with Gasteiger partial charge in [-0.3, -0.25) is 14.9 Å². The average Bonchev–Trinajstić information content (AvgIpc) is 2.20. The molecule has 0 radical (unpaired) electrons. The number of hydrogen-bond acceptors (Lipinski definition) is 3. The number of nitrogens with zero attached hydrogens (tertiary/aromatic N) is 1. The van der Waals surface area contributed by atoms with Crippen molar-refractivity contribution in [3.8, 4) is 0 Å². The van der Waals surface area contributed by atoms with Gasteiger partial charge in [-0.1, -0.05) is 17.7 Å². The number of nitrogens with two attached hydrogens (primary N) is 1. The van der Waals surface area contributed by atoms with Crippen LogP contribution in [0, 0.1) is 10.1 Å². The highest BCUT2D eigenvalue weighted by Gasteiger charge is 2.20. The maximum atomic E-state index is 10.7. The first kappa shape index (κ1) is 12.7. The number of nitro groups is 1. The lowest BCUT2D eigenvalue weighted by Gasteiger charge is -2.06. The van der Waals surface area contributed by atoms with Crippen LogP contribution >= 0.6 is 23.2 Å². The summed E-state index contributed by atoms with van der Waals surface area (Å²) in [5.74, 6) is -0.717. The van der Waals surface area contributed by atoms with Gasteiger partial charge in [0.15, 0.2) is 0 Å². The Labute approximate surface area is 101 Å². The van der Waals surface area contributed by atoms with E-state index in [1.165, 1.54) is 18.2 Å². The Balaban J connectivity index is 3.04. The molecule has 5 nitrogen and oxygen atoms in total. The Morgan fingerprint density at radius 2 is 2.19 bits per heavy atom. The van der Waals surface area contributed by atoms with Crippen molar-refractivity contribution in [3.63, 3.8) is 0 Å². The van der Waals surface area contributed by atoms with Crippen molar-refractivity contribution in [2.75, 3.05) is 0 Å². The summed E-state index contributed by atoms with van der Waals surface area (Å²) >= 11 is 11.3. The molecule has 0 heterocycles. The summed E-state index contributed by atoms with van der Waals surface area (Å²) in [7, 11) is 0. The van der Waals surface area contributed by atoms with E-state index in [1.54, 1.807) is 0 Å². The van der Waals surface area contributed by atoms with Crippen molar-refractivity contribution in [2.24, 2.45) is 5.73 Å². The van der Waals surface area contributed by atoms with Crippen LogP contribution in [0.1, 0.15) is 5.56 Å². The lowest BCUT2D eigenvalue weighted by Crippen LogP contribution is -2.25. The topological polar surface area (TPSA) is 86.2 Å². The standard InChI is InChI=1S/C9H8Cl2N2O3/c10-6-2-1-5(3-7(11)9(12)14)8(4-6)13(15)16/h1-2,4,7H,3H2,(H2,12,14). The van der Waals surface area contributed by atoms with Crippen LogP contribution < -0.4 is 5.73 Å². The second-order valence-corrected chi connectivity index (χ2v) is 4.07. The van der Waals surface area contributed by atoms with Gasteiger partial charge >= 0.3 is 0 Å². The highest BCUT2D eigenvalue weighted by molar-refractivity contribution is 6.31. The van der Waals surface area contributed by atoms with Crippen molar-refractivity contribution >= 4 is 34.8 Å². The zero-order valence-electron chi connectivity index (χ0n) is 8.02. The number of amides is 1. The first-order chi connectivity index (χ1) is 7.41. The molecule has 1 atom stereocenters. The number of alkyl halides is 1. The summed E-state index contributed by atoms with van der Waals surface area (Å²) < 4.78 is 0. The third kappa shape index (κ3) is 3.08. The molecule has 2 N–H and O–H groups in total. The number of rotatable bonds is 4. The van der Waals surface area contributed by atoms with Crippen LogP contribution in [0.25, 0.3) is 0 Å². The SMILES string of the molecule is NC(=O)C(Cl)Cc1ccc(Cl)cc1[N+](=O)[O-]. The Morgan fingerprint density at radius 3 is 2.69 bits per heavy atom. The minimum Gasteiger partial charge on any atom is -0.368 e. The van der Waals surface area contributed by atoms with Crippen molar-refractivity contribution in [1.82, 2.24) is 0 Å². The van der Waals surface area contributed by atoms with E-state index in [1.807, 2.05) is 0 Å². The van der Waals surface area contributed by atoms with Crippen LogP contribution in [0.15, 0.2) is 18.2 Å². The Kier molecular flexibility index (Phi) is 4.09. The monoisotopic (exact) mass is 262 g/mol. The molecular weight excluding hydrogens is 255 g/mol. The van der Waals surface area contributed by atoms with E-state index in [-0.39, 0.29) is 17.1 Å². The predicted molar refractivity (Wildman–Crippen MR) is 60.6 cm³/mol. The highest BCUT2D eigenvalue weighted by atomic mass is 35.5. The molecule has 0 aromatic heterocycles. The lowest BCUT2D eigenvalue weighted by molar-refractivity contribution is -0.385. The van der Waals surface area contributed by atoms with Crippen LogP contribution in [-0.2, 0) is 11.2 Å². The second kappa shape index (κ2) is 5.14. The van der Waals surface area contributed by atoms with Gasteiger partial charge in [0.2, 0.25) is 5.91 Å². The molecule has 16 heavy (non-hydrogen) atoms. The smallest absolute Gasteiger partial charge is 0.274 e. The van der Waals surface area contributed by atoms with Gasteiger partial charge in [0.25, 0.3) is 5.69 Å². The van der Waals surface area contributed by atoms with Gasteiger partial charge in [0.1, 0.15) is 5.38 Å². The number of carbonyl (C=O) groups is 1. The van der Waals surface area contributed by atoms with Crippen LogP contribution in [0.5, 0.6) is 0 Å². The van der Waals surface area contributed by atoms with E-state index in [0.29, 0.717) is 5.56 Å². The molecule has 1 aromatic rings. The molecule has 0 saturated carbocycles. The molecule has 86 valence electrons. The molecule has 0 aliphatic carbocycles. The number of halogens is 2. The van der Waals surface area contributed by atoms with Crippen LogP contribution in [-0.4, -0.2) is 16.2 Å². The third-order valence-corrected chi connectivity index (χ3v) is 2.56. The molecule has 0 saturated heterocycles. The summed E-state index contributed by atoms with van der Waals surface area (Å²) in [5, 5.41) is 9.99. The van der Waals surface area contributed by atoms with Crippen molar-refractivity contribution in [2.45, 2.75) is 11.8 Å². The molecular formula is C9H8Cl2N2O3. The van der Waals surface area contributed by atoms with Gasteiger partial charge in [0.05, 0.1) is 4.92 Å². The quantitative estimate of drug-likeness (QED) is 0.511. The maximum absolute atomic E-state index is 10.7. The summed E-state index contributed by atoms with van der Waals surface area (Å²) in [6.07, 6.45) is 0.00434. The van der Waals surface area contributed by atoms with Gasteiger partial charge in [-0.25, -0.2) is 0 Å². The third-order valence-electron chi connectivity index (χ3n) is 1.95. The normalized spacial score (nSPS) is 12.1. The number of hydrogen-bond donors (Lipinski definition) is 1. The summed E-state index contributed by atoms with van der Waals surface area (Å²) in [6.45, 7) is 0. The van der Waals surface area contributed by atoms with E-state index in [0.717, 1.165) is 0 Å². The molecule has 0 spiro atoms. The molecule has 0 bridgehead atoms. The number of nitro benzene ring substituents is 1. The largest absolute Gasteiger partial charge is 0.368 e. The average molecular weight is 263 g/mol. The molecule has 0 aliphatic rings. The Bertz CT molecular complexity index is 437. The van der Waals surface area contributed by atoms with Crippen molar-refractivity contribution in [3.05, 3.63) is 38.9 Å². The molecule has 1 amide bonds. The zero-order valence-corrected chi connectivity index (χ0v) is 9.53.